The second kappa shape index (κ2) is 8.67. The first-order valence-corrected chi connectivity index (χ1v) is 9.01. The molecule has 4 rings (SSSR count). The Kier molecular flexibility index (Phi) is 5.44. The molecule has 0 unspecified atom stereocenters. The predicted octanol–water partition coefficient (Wildman–Crippen LogP) is 3.55. The molecule has 2 aromatic heterocycles. The molecule has 0 saturated heterocycles. The number of rotatable bonds is 6. The number of nitrogens with zero attached hydrogens (tertiary/aromatic N) is 5. The molecule has 0 atom stereocenters. The molecule has 0 aliphatic rings. The normalized spacial score (nSPS) is 11.1. The van der Waals surface area contributed by atoms with Crippen molar-refractivity contribution in [3.8, 4) is 17.5 Å². The topological polar surface area (TPSA) is 107 Å². The predicted molar refractivity (Wildman–Crippen MR) is 107 cm³/mol. The Balaban J connectivity index is 1.68. The van der Waals surface area contributed by atoms with Crippen molar-refractivity contribution in [3.63, 3.8) is 0 Å². The second-order valence-corrected chi connectivity index (χ2v) is 6.17. The number of esters is 1. The Bertz CT molecular complexity index is 1220. The Morgan fingerprint density at radius 3 is 2.67 bits per heavy atom. The van der Waals surface area contributed by atoms with Crippen LogP contribution >= 0.6 is 0 Å². The molecule has 0 radical (unpaired) electrons. The zero-order valence-corrected chi connectivity index (χ0v) is 15.7. The standard InChI is InChI=1S/C22H15N5O3/c23-14-17-9-4-5-10-18(17)15-30-22(28)20(13-19-11-6-12-29-19)27-21(24-25-26-27)16-7-2-1-3-8-16/h1-13H,15H2. The van der Waals surface area contributed by atoms with Crippen LogP contribution in [0.5, 0.6) is 0 Å². The average molecular weight is 397 g/mol. The van der Waals surface area contributed by atoms with Crippen molar-refractivity contribution >= 4 is 17.7 Å². The molecule has 2 aromatic carbocycles. The van der Waals surface area contributed by atoms with Crippen LogP contribution in [0.1, 0.15) is 16.9 Å². The number of furan rings is 1. The quantitative estimate of drug-likeness (QED) is 0.362. The molecule has 30 heavy (non-hydrogen) atoms. The van der Waals surface area contributed by atoms with Gasteiger partial charge < -0.3 is 9.15 Å². The van der Waals surface area contributed by atoms with Crippen LogP contribution in [0.15, 0.2) is 77.4 Å². The lowest BCUT2D eigenvalue weighted by Gasteiger charge is -2.10. The van der Waals surface area contributed by atoms with Crippen LogP contribution in [-0.2, 0) is 16.1 Å². The maximum Gasteiger partial charge on any atom is 0.357 e. The van der Waals surface area contributed by atoms with Crippen molar-refractivity contribution in [2.45, 2.75) is 6.61 Å². The molecule has 8 heteroatoms. The van der Waals surface area contributed by atoms with Crippen LogP contribution in [0.25, 0.3) is 23.2 Å². The Hall–Kier alpha value is -4.51. The van der Waals surface area contributed by atoms with E-state index in [1.807, 2.05) is 30.3 Å². The maximum atomic E-state index is 13.0. The fraction of sp³-hybridized carbons (Fsp3) is 0.0455. The van der Waals surface area contributed by atoms with Crippen molar-refractivity contribution in [2.75, 3.05) is 0 Å². The minimum Gasteiger partial charge on any atom is -0.465 e. The third-order valence-electron chi connectivity index (χ3n) is 4.26. The number of benzene rings is 2. The van der Waals surface area contributed by atoms with Gasteiger partial charge in [-0.3, -0.25) is 0 Å². The summed E-state index contributed by atoms with van der Waals surface area (Å²) in [5.41, 5.74) is 1.85. The minimum atomic E-state index is -0.663. The van der Waals surface area contributed by atoms with Crippen LogP contribution in [-0.4, -0.2) is 26.2 Å². The largest absolute Gasteiger partial charge is 0.465 e. The molecule has 146 valence electrons. The lowest BCUT2D eigenvalue weighted by Crippen LogP contribution is -2.15. The van der Waals surface area contributed by atoms with Crippen LogP contribution in [0, 0.1) is 11.3 Å². The van der Waals surface area contributed by atoms with E-state index >= 15 is 0 Å². The van der Waals surface area contributed by atoms with Gasteiger partial charge in [0.2, 0.25) is 0 Å². The molecule has 0 N–H and O–H groups in total. The summed E-state index contributed by atoms with van der Waals surface area (Å²) in [6.45, 7) is -0.0686. The molecule has 0 spiro atoms. The lowest BCUT2D eigenvalue weighted by molar-refractivity contribution is -0.138. The summed E-state index contributed by atoms with van der Waals surface area (Å²) in [5, 5.41) is 21.0. The summed E-state index contributed by atoms with van der Waals surface area (Å²) >= 11 is 0. The van der Waals surface area contributed by atoms with Gasteiger partial charge in [0.05, 0.1) is 17.9 Å². The van der Waals surface area contributed by atoms with Crippen LogP contribution in [0.2, 0.25) is 0 Å². The van der Waals surface area contributed by atoms with E-state index < -0.39 is 5.97 Å². The van der Waals surface area contributed by atoms with Crippen molar-refractivity contribution in [2.24, 2.45) is 0 Å². The van der Waals surface area contributed by atoms with Gasteiger partial charge in [0.1, 0.15) is 12.4 Å². The van der Waals surface area contributed by atoms with E-state index in [0.29, 0.717) is 22.7 Å². The van der Waals surface area contributed by atoms with Gasteiger partial charge in [0.25, 0.3) is 0 Å². The van der Waals surface area contributed by atoms with Crippen LogP contribution < -0.4 is 0 Å². The molecule has 2 heterocycles. The highest BCUT2D eigenvalue weighted by Crippen LogP contribution is 2.22. The third-order valence-corrected chi connectivity index (χ3v) is 4.26. The summed E-state index contributed by atoms with van der Waals surface area (Å²) in [7, 11) is 0. The Morgan fingerprint density at radius 1 is 1.10 bits per heavy atom. The molecular weight excluding hydrogens is 382 g/mol. The van der Waals surface area contributed by atoms with E-state index in [4.69, 9.17) is 9.15 Å². The van der Waals surface area contributed by atoms with Crippen LogP contribution in [0.3, 0.4) is 0 Å². The van der Waals surface area contributed by atoms with Crippen molar-refractivity contribution in [1.29, 1.82) is 5.26 Å². The summed E-state index contributed by atoms with van der Waals surface area (Å²) < 4.78 is 12.1. The maximum absolute atomic E-state index is 13.0. The molecule has 0 aliphatic carbocycles. The van der Waals surface area contributed by atoms with Gasteiger partial charge in [-0.25, -0.2) is 4.79 Å². The van der Waals surface area contributed by atoms with Crippen LogP contribution in [0.4, 0.5) is 0 Å². The number of carbonyl (C=O) groups excluding carboxylic acids is 1. The van der Waals surface area contributed by atoms with Crippen molar-refractivity contribution in [3.05, 3.63) is 89.9 Å². The number of aromatic nitrogens is 4. The van der Waals surface area contributed by atoms with Gasteiger partial charge in [-0.1, -0.05) is 48.5 Å². The molecule has 0 saturated carbocycles. The Labute approximate surface area is 171 Å². The van der Waals surface area contributed by atoms with Gasteiger partial charge in [-0.2, -0.15) is 9.94 Å². The van der Waals surface area contributed by atoms with Gasteiger partial charge >= 0.3 is 5.97 Å². The van der Waals surface area contributed by atoms with Gasteiger partial charge in [0.15, 0.2) is 11.5 Å². The van der Waals surface area contributed by atoms with E-state index in [9.17, 15) is 10.1 Å². The molecule has 0 fully saturated rings. The van der Waals surface area contributed by atoms with E-state index in [0.717, 1.165) is 5.56 Å². The number of hydrogen-bond acceptors (Lipinski definition) is 7. The second-order valence-electron chi connectivity index (χ2n) is 6.17. The highest BCUT2D eigenvalue weighted by molar-refractivity contribution is 6.15. The lowest BCUT2D eigenvalue weighted by atomic mass is 10.1. The smallest absolute Gasteiger partial charge is 0.357 e. The number of tetrazole rings is 1. The fourth-order valence-electron chi connectivity index (χ4n) is 2.80. The van der Waals surface area contributed by atoms with Gasteiger partial charge in [0, 0.05) is 17.2 Å². The summed E-state index contributed by atoms with van der Waals surface area (Å²) in [5.74, 6) is 0.153. The summed E-state index contributed by atoms with van der Waals surface area (Å²) in [6, 6.07) is 21.6. The molecule has 0 bridgehead atoms. The summed E-state index contributed by atoms with van der Waals surface area (Å²) in [4.78, 5) is 13.0. The zero-order valence-electron chi connectivity index (χ0n) is 15.7. The van der Waals surface area contributed by atoms with E-state index in [-0.39, 0.29) is 12.3 Å². The highest BCUT2D eigenvalue weighted by Gasteiger charge is 2.21. The fourth-order valence-corrected chi connectivity index (χ4v) is 2.80. The first-order valence-electron chi connectivity index (χ1n) is 9.01. The van der Waals surface area contributed by atoms with Crippen molar-refractivity contribution in [1.82, 2.24) is 20.2 Å². The molecule has 0 amide bonds. The number of carbonyl (C=O) groups is 1. The number of nitriles is 1. The van der Waals surface area contributed by atoms with E-state index in [1.165, 1.54) is 17.0 Å². The molecular formula is C22H15N5O3. The first kappa shape index (κ1) is 18.8. The highest BCUT2D eigenvalue weighted by atomic mass is 16.5. The average Bonchev–Trinajstić information content (AvgIpc) is 3.48. The third kappa shape index (κ3) is 4.00. The molecule has 0 aliphatic heterocycles. The van der Waals surface area contributed by atoms with E-state index in [1.54, 1.807) is 36.4 Å². The van der Waals surface area contributed by atoms with Gasteiger partial charge in [-0.05, 0) is 28.6 Å². The number of ether oxygens (including phenoxy) is 1. The number of hydrogen-bond donors (Lipinski definition) is 0. The van der Waals surface area contributed by atoms with Crippen molar-refractivity contribution < 1.29 is 13.9 Å². The monoisotopic (exact) mass is 397 g/mol. The molecule has 4 aromatic rings. The zero-order chi connectivity index (χ0) is 20.8. The van der Waals surface area contributed by atoms with Gasteiger partial charge in [-0.15, -0.1) is 5.10 Å². The van der Waals surface area contributed by atoms with E-state index in [2.05, 4.69) is 21.6 Å². The first-order chi connectivity index (χ1) is 14.8. The minimum absolute atomic E-state index is 0.0686. The Morgan fingerprint density at radius 2 is 1.90 bits per heavy atom. The summed E-state index contributed by atoms with van der Waals surface area (Å²) in [6.07, 6.45) is 3.00. The SMILES string of the molecule is N#Cc1ccccc1COC(=O)C(=Cc1ccco1)n1nnnc1-c1ccccc1. The molecule has 8 nitrogen and oxygen atoms in total.